The molecule has 0 fully saturated rings. The highest BCUT2D eigenvalue weighted by molar-refractivity contribution is 6.06. The Morgan fingerprint density at radius 3 is 2.59 bits per heavy atom. The number of hydrogen-bond donors (Lipinski definition) is 2. The molecule has 0 aliphatic rings. The second-order valence-corrected chi connectivity index (χ2v) is 5.88. The molecule has 0 heterocycles. The minimum absolute atomic E-state index is 0.0838. The van der Waals surface area contributed by atoms with Crippen LogP contribution in [-0.4, -0.2) is 10.8 Å². The maximum atomic E-state index is 12.2. The summed E-state index contributed by atoms with van der Waals surface area (Å²) in [5.74, 6) is -0.559. The molecule has 0 atom stereocenters. The van der Waals surface area contributed by atoms with E-state index in [1.807, 2.05) is 18.2 Å². The van der Waals surface area contributed by atoms with Gasteiger partial charge in [-0.3, -0.25) is 14.9 Å². The summed E-state index contributed by atoms with van der Waals surface area (Å²) in [5.41, 5.74) is 1.97. The number of carbonyl (C=O) groups is 1. The number of nitro benzene ring substituents is 1. The highest BCUT2D eigenvalue weighted by atomic mass is 16.6. The first-order valence-corrected chi connectivity index (χ1v) is 8.55. The second-order valence-electron chi connectivity index (χ2n) is 5.88. The van der Waals surface area contributed by atoms with E-state index in [1.54, 1.807) is 18.2 Å². The molecule has 27 heavy (non-hydrogen) atoms. The average molecular weight is 364 g/mol. The fourth-order valence-corrected chi connectivity index (χ4v) is 2.35. The minimum atomic E-state index is -0.559. The summed E-state index contributed by atoms with van der Waals surface area (Å²) in [6, 6.07) is 15.1. The van der Waals surface area contributed by atoms with Crippen LogP contribution in [0.3, 0.4) is 0 Å². The largest absolute Gasteiger partial charge is 0.360 e. The van der Waals surface area contributed by atoms with Crippen LogP contribution in [0.5, 0.6) is 0 Å². The number of nitriles is 1. The maximum Gasteiger partial charge on any atom is 0.271 e. The van der Waals surface area contributed by atoms with E-state index in [4.69, 9.17) is 0 Å². The van der Waals surface area contributed by atoms with Gasteiger partial charge in [0.1, 0.15) is 11.6 Å². The van der Waals surface area contributed by atoms with Crippen molar-refractivity contribution in [1.29, 1.82) is 5.26 Å². The number of carbonyl (C=O) groups excluding carboxylic acids is 1. The Labute approximate surface area is 157 Å². The van der Waals surface area contributed by atoms with Crippen LogP contribution in [0.4, 0.5) is 17.1 Å². The van der Waals surface area contributed by atoms with Crippen LogP contribution in [0.2, 0.25) is 0 Å². The van der Waals surface area contributed by atoms with Gasteiger partial charge in [-0.2, -0.15) is 5.26 Å². The minimum Gasteiger partial charge on any atom is -0.360 e. The Bertz CT molecular complexity index is 883. The third-order valence-corrected chi connectivity index (χ3v) is 3.84. The number of unbranched alkanes of at least 4 members (excludes halogenated alkanes) is 1. The number of rotatable bonds is 8. The second kappa shape index (κ2) is 9.73. The molecule has 7 heteroatoms. The number of benzene rings is 2. The van der Waals surface area contributed by atoms with Gasteiger partial charge in [0.15, 0.2) is 0 Å². The van der Waals surface area contributed by atoms with E-state index in [1.165, 1.54) is 30.0 Å². The van der Waals surface area contributed by atoms with Gasteiger partial charge < -0.3 is 10.6 Å². The number of nitro groups is 1. The predicted octanol–water partition coefficient (Wildman–Crippen LogP) is 4.40. The van der Waals surface area contributed by atoms with E-state index in [0.717, 1.165) is 19.3 Å². The molecule has 0 radical (unpaired) electrons. The molecule has 138 valence electrons. The maximum absolute atomic E-state index is 12.2. The molecule has 0 bridgehead atoms. The summed E-state index contributed by atoms with van der Waals surface area (Å²) < 4.78 is 0. The van der Waals surface area contributed by atoms with Gasteiger partial charge >= 0.3 is 0 Å². The summed E-state index contributed by atoms with van der Waals surface area (Å²) in [6.45, 7) is 2.13. The number of amides is 1. The standard InChI is InChI=1S/C20H20N4O3/c1-2-3-5-15-8-10-17(11-9-15)23-20(25)16(13-21)14-22-18-6-4-7-19(12-18)24(26)27/h4,6-12,14,22H,2-3,5H2,1H3,(H,23,25)/b16-14-. The lowest BCUT2D eigenvalue weighted by Crippen LogP contribution is -2.14. The van der Waals surface area contributed by atoms with Gasteiger partial charge in [0.25, 0.3) is 11.6 Å². The number of nitrogens with one attached hydrogen (secondary N) is 2. The van der Waals surface area contributed by atoms with Gasteiger partial charge in [-0.15, -0.1) is 0 Å². The molecule has 2 N–H and O–H groups in total. The quantitative estimate of drug-likeness (QED) is 0.312. The molecular formula is C20H20N4O3. The molecular weight excluding hydrogens is 344 g/mol. The topological polar surface area (TPSA) is 108 Å². The molecule has 2 rings (SSSR count). The van der Waals surface area contributed by atoms with Crippen molar-refractivity contribution in [2.75, 3.05) is 10.6 Å². The Balaban J connectivity index is 2.02. The lowest BCUT2D eigenvalue weighted by molar-refractivity contribution is -0.384. The SMILES string of the molecule is CCCCc1ccc(NC(=O)/C(C#N)=C\Nc2cccc([N+](=O)[O-])c2)cc1. The van der Waals surface area contributed by atoms with Gasteiger partial charge in [-0.05, 0) is 36.6 Å². The number of anilines is 2. The van der Waals surface area contributed by atoms with E-state index in [-0.39, 0.29) is 11.3 Å². The third-order valence-electron chi connectivity index (χ3n) is 3.84. The zero-order valence-corrected chi connectivity index (χ0v) is 14.9. The number of nitrogens with zero attached hydrogens (tertiary/aromatic N) is 2. The van der Waals surface area contributed by atoms with Gasteiger partial charge in [-0.1, -0.05) is 31.5 Å². The monoisotopic (exact) mass is 364 g/mol. The highest BCUT2D eigenvalue weighted by Gasteiger charge is 2.10. The van der Waals surface area contributed by atoms with Crippen molar-refractivity contribution in [1.82, 2.24) is 0 Å². The van der Waals surface area contributed by atoms with E-state index >= 15 is 0 Å². The lowest BCUT2D eigenvalue weighted by Gasteiger charge is -2.06. The van der Waals surface area contributed by atoms with Crippen molar-refractivity contribution in [3.8, 4) is 6.07 Å². The zero-order valence-electron chi connectivity index (χ0n) is 14.9. The molecule has 0 aliphatic carbocycles. The summed E-state index contributed by atoms with van der Waals surface area (Å²) in [7, 11) is 0. The van der Waals surface area contributed by atoms with Crippen LogP contribution in [0, 0.1) is 21.4 Å². The first kappa shape index (κ1) is 19.7. The van der Waals surface area contributed by atoms with E-state index in [2.05, 4.69) is 17.6 Å². The van der Waals surface area contributed by atoms with Crippen LogP contribution < -0.4 is 10.6 Å². The zero-order chi connectivity index (χ0) is 19.6. The Hall–Kier alpha value is -3.66. The predicted molar refractivity (Wildman–Crippen MR) is 104 cm³/mol. The van der Waals surface area contributed by atoms with E-state index in [0.29, 0.717) is 11.4 Å². The molecule has 0 aliphatic heterocycles. The van der Waals surface area contributed by atoms with Gasteiger partial charge in [-0.25, -0.2) is 0 Å². The number of hydrogen-bond acceptors (Lipinski definition) is 5. The summed E-state index contributed by atoms with van der Waals surface area (Å²) in [5, 5.41) is 25.4. The van der Waals surface area contributed by atoms with E-state index in [9.17, 15) is 20.2 Å². The summed E-state index contributed by atoms with van der Waals surface area (Å²) >= 11 is 0. The van der Waals surface area contributed by atoms with Crippen molar-refractivity contribution in [2.24, 2.45) is 0 Å². The van der Waals surface area contributed by atoms with Gasteiger partial charge in [0.2, 0.25) is 0 Å². The van der Waals surface area contributed by atoms with Crippen LogP contribution >= 0.6 is 0 Å². The smallest absolute Gasteiger partial charge is 0.271 e. The van der Waals surface area contributed by atoms with Crippen molar-refractivity contribution in [2.45, 2.75) is 26.2 Å². The van der Waals surface area contributed by atoms with Crippen molar-refractivity contribution >= 4 is 23.0 Å². The third kappa shape index (κ3) is 5.97. The first-order chi connectivity index (χ1) is 13.0. The normalized spacial score (nSPS) is 10.7. The molecule has 0 saturated carbocycles. The highest BCUT2D eigenvalue weighted by Crippen LogP contribution is 2.17. The van der Waals surface area contributed by atoms with Gasteiger partial charge in [0, 0.05) is 29.7 Å². The first-order valence-electron chi connectivity index (χ1n) is 8.55. The molecule has 2 aromatic rings. The van der Waals surface area contributed by atoms with Crippen LogP contribution in [0.25, 0.3) is 0 Å². The molecule has 2 aromatic carbocycles. The molecule has 7 nitrogen and oxygen atoms in total. The average Bonchev–Trinajstić information content (AvgIpc) is 2.68. The Morgan fingerprint density at radius 1 is 1.22 bits per heavy atom. The van der Waals surface area contributed by atoms with Crippen molar-refractivity contribution < 1.29 is 9.72 Å². The lowest BCUT2D eigenvalue weighted by atomic mass is 10.1. The molecule has 0 aromatic heterocycles. The summed E-state index contributed by atoms with van der Waals surface area (Å²) in [6.07, 6.45) is 4.44. The number of aryl methyl sites for hydroxylation is 1. The number of non-ortho nitro benzene ring substituents is 1. The molecule has 0 spiro atoms. The molecule has 0 saturated heterocycles. The fourth-order valence-electron chi connectivity index (χ4n) is 2.35. The van der Waals surface area contributed by atoms with Crippen molar-refractivity contribution in [3.63, 3.8) is 0 Å². The fraction of sp³-hybridized carbons (Fsp3) is 0.200. The molecule has 0 unspecified atom stereocenters. The Kier molecular flexibility index (Phi) is 7.08. The Morgan fingerprint density at radius 2 is 1.96 bits per heavy atom. The van der Waals surface area contributed by atoms with Crippen LogP contribution in [-0.2, 0) is 11.2 Å². The van der Waals surface area contributed by atoms with E-state index < -0.39 is 10.8 Å². The van der Waals surface area contributed by atoms with Crippen LogP contribution in [0.15, 0.2) is 60.3 Å². The van der Waals surface area contributed by atoms with Crippen molar-refractivity contribution in [3.05, 3.63) is 76.0 Å². The molecule has 1 amide bonds. The van der Waals surface area contributed by atoms with Crippen LogP contribution in [0.1, 0.15) is 25.3 Å². The summed E-state index contributed by atoms with van der Waals surface area (Å²) in [4.78, 5) is 22.5. The van der Waals surface area contributed by atoms with Gasteiger partial charge in [0.05, 0.1) is 4.92 Å².